The van der Waals surface area contributed by atoms with Gasteiger partial charge in [-0.05, 0) is 49.6 Å². The lowest BCUT2D eigenvalue weighted by atomic mass is 10.1. The molecule has 3 rings (SSSR count). The van der Waals surface area contributed by atoms with Crippen LogP contribution in [0.15, 0.2) is 48.5 Å². The highest BCUT2D eigenvalue weighted by atomic mass is 16.3. The van der Waals surface area contributed by atoms with E-state index in [1.165, 1.54) is 16.7 Å². The molecule has 0 saturated carbocycles. The SMILES string of the molecule is Cc1cc2nc(C(C)O)n(C/C=C/c3ccccc3)c2cc1C. The van der Waals surface area contributed by atoms with Crippen molar-refractivity contribution in [2.75, 3.05) is 0 Å². The van der Waals surface area contributed by atoms with E-state index in [0.29, 0.717) is 12.4 Å². The molecule has 2 aromatic carbocycles. The molecular weight excluding hydrogens is 284 g/mol. The molecule has 3 nitrogen and oxygen atoms in total. The number of benzene rings is 2. The van der Waals surface area contributed by atoms with Crippen LogP contribution in [0.1, 0.15) is 35.5 Å². The van der Waals surface area contributed by atoms with Gasteiger partial charge in [0.05, 0.1) is 11.0 Å². The van der Waals surface area contributed by atoms with Crippen molar-refractivity contribution in [3.05, 3.63) is 71.1 Å². The van der Waals surface area contributed by atoms with E-state index in [9.17, 15) is 5.11 Å². The molecule has 3 heteroatoms. The van der Waals surface area contributed by atoms with E-state index < -0.39 is 6.10 Å². The highest BCUT2D eigenvalue weighted by molar-refractivity contribution is 5.78. The van der Waals surface area contributed by atoms with Crippen LogP contribution in [0.5, 0.6) is 0 Å². The highest BCUT2D eigenvalue weighted by Crippen LogP contribution is 2.24. The zero-order chi connectivity index (χ0) is 16.4. The van der Waals surface area contributed by atoms with Crippen molar-refractivity contribution in [1.29, 1.82) is 0 Å². The molecule has 0 radical (unpaired) electrons. The first-order valence-corrected chi connectivity index (χ1v) is 7.93. The Morgan fingerprint density at radius 1 is 1.13 bits per heavy atom. The number of imidazole rings is 1. The second kappa shape index (κ2) is 6.39. The Hall–Kier alpha value is -2.39. The van der Waals surface area contributed by atoms with E-state index in [1.807, 2.05) is 18.2 Å². The van der Waals surface area contributed by atoms with Crippen LogP contribution in [0.3, 0.4) is 0 Å². The van der Waals surface area contributed by atoms with Gasteiger partial charge in [-0.15, -0.1) is 0 Å². The number of hydrogen-bond donors (Lipinski definition) is 1. The van der Waals surface area contributed by atoms with Gasteiger partial charge < -0.3 is 9.67 Å². The summed E-state index contributed by atoms with van der Waals surface area (Å²) in [5.74, 6) is 0.711. The van der Waals surface area contributed by atoms with Gasteiger partial charge in [-0.1, -0.05) is 42.5 Å². The zero-order valence-corrected chi connectivity index (χ0v) is 13.8. The molecule has 0 spiro atoms. The van der Waals surface area contributed by atoms with Gasteiger partial charge in [0.15, 0.2) is 0 Å². The standard InChI is InChI=1S/C20H22N2O/c1-14-12-18-19(13-15(14)2)22(20(21-18)16(3)23)11-7-10-17-8-5-4-6-9-17/h4-10,12-13,16,23H,11H2,1-3H3/b10-7+. The van der Waals surface area contributed by atoms with Crippen LogP contribution in [0.4, 0.5) is 0 Å². The maximum atomic E-state index is 10.1. The maximum absolute atomic E-state index is 10.1. The summed E-state index contributed by atoms with van der Waals surface area (Å²) in [5, 5.41) is 10.1. The Balaban J connectivity index is 1.99. The molecule has 0 fully saturated rings. The minimum absolute atomic E-state index is 0.590. The van der Waals surface area contributed by atoms with Gasteiger partial charge >= 0.3 is 0 Å². The van der Waals surface area contributed by atoms with E-state index in [4.69, 9.17) is 0 Å². The van der Waals surface area contributed by atoms with E-state index in [2.05, 4.69) is 59.8 Å². The van der Waals surface area contributed by atoms with Gasteiger partial charge in [-0.2, -0.15) is 0 Å². The molecule has 118 valence electrons. The topological polar surface area (TPSA) is 38.1 Å². The average molecular weight is 306 g/mol. The number of allylic oxidation sites excluding steroid dienone is 1. The quantitative estimate of drug-likeness (QED) is 0.775. The van der Waals surface area contributed by atoms with Gasteiger partial charge in [-0.25, -0.2) is 4.98 Å². The van der Waals surface area contributed by atoms with Crippen molar-refractivity contribution in [3.63, 3.8) is 0 Å². The molecule has 0 amide bonds. The van der Waals surface area contributed by atoms with E-state index >= 15 is 0 Å². The summed E-state index contributed by atoms with van der Waals surface area (Å²) < 4.78 is 2.09. The molecule has 1 heterocycles. The lowest BCUT2D eigenvalue weighted by Crippen LogP contribution is -2.05. The molecule has 1 atom stereocenters. The molecular formula is C20H22N2O. The fraction of sp³-hybridized carbons (Fsp3) is 0.250. The van der Waals surface area contributed by atoms with Crippen molar-refractivity contribution in [1.82, 2.24) is 9.55 Å². The molecule has 0 aliphatic carbocycles. The van der Waals surface area contributed by atoms with Gasteiger partial charge in [0.1, 0.15) is 11.9 Å². The monoisotopic (exact) mass is 306 g/mol. The van der Waals surface area contributed by atoms with Crippen molar-refractivity contribution in [2.24, 2.45) is 0 Å². The van der Waals surface area contributed by atoms with E-state index in [-0.39, 0.29) is 0 Å². The lowest BCUT2D eigenvalue weighted by molar-refractivity contribution is 0.185. The van der Waals surface area contributed by atoms with Gasteiger partial charge in [0.25, 0.3) is 0 Å². The van der Waals surface area contributed by atoms with Crippen LogP contribution >= 0.6 is 0 Å². The van der Waals surface area contributed by atoms with Gasteiger partial charge in [-0.3, -0.25) is 0 Å². The molecule has 0 aliphatic heterocycles. The molecule has 0 aliphatic rings. The maximum Gasteiger partial charge on any atom is 0.138 e. The molecule has 0 bridgehead atoms. The van der Waals surface area contributed by atoms with Gasteiger partial charge in [0.2, 0.25) is 0 Å². The number of nitrogens with zero attached hydrogens (tertiary/aromatic N) is 2. The second-order valence-electron chi connectivity index (χ2n) is 5.99. The number of aliphatic hydroxyl groups is 1. The Labute approximate surface area is 136 Å². The lowest BCUT2D eigenvalue weighted by Gasteiger charge is -2.09. The van der Waals surface area contributed by atoms with Crippen LogP contribution < -0.4 is 0 Å². The fourth-order valence-corrected chi connectivity index (χ4v) is 2.77. The Morgan fingerprint density at radius 2 is 1.83 bits per heavy atom. The fourth-order valence-electron chi connectivity index (χ4n) is 2.77. The summed E-state index contributed by atoms with van der Waals surface area (Å²) in [6, 6.07) is 14.5. The third-order valence-electron chi connectivity index (χ3n) is 4.16. The molecule has 0 saturated heterocycles. The first kappa shape index (κ1) is 15.5. The summed E-state index contributed by atoms with van der Waals surface area (Å²) >= 11 is 0. The predicted octanol–water partition coefficient (Wildman–Crippen LogP) is 4.42. The highest BCUT2D eigenvalue weighted by Gasteiger charge is 2.14. The van der Waals surface area contributed by atoms with Crippen molar-refractivity contribution >= 4 is 17.1 Å². The van der Waals surface area contributed by atoms with Crippen LogP contribution in [0.2, 0.25) is 0 Å². The summed E-state index contributed by atoms with van der Waals surface area (Å²) in [7, 11) is 0. The minimum atomic E-state index is -0.590. The third kappa shape index (κ3) is 3.20. The summed E-state index contributed by atoms with van der Waals surface area (Å²) in [6.45, 7) is 6.64. The van der Waals surface area contributed by atoms with Crippen LogP contribution in [0.25, 0.3) is 17.1 Å². The van der Waals surface area contributed by atoms with Crippen LogP contribution in [-0.2, 0) is 6.54 Å². The predicted molar refractivity (Wildman–Crippen MR) is 95.3 cm³/mol. The van der Waals surface area contributed by atoms with Crippen molar-refractivity contribution in [2.45, 2.75) is 33.4 Å². The third-order valence-corrected chi connectivity index (χ3v) is 4.16. The molecule has 3 aromatic rings. The van der Waals surface area contributed by atoms with Gasteiger partial charge in [0, 0.05) is 6.54 Å². The Kier molecular flexibility index (Phi) is 4.30. The summed E-state index contributed by atoms with van der Waals surface area (Å²) in [4.78, 5) is 4.62. The Bertz CT molecular complexity index is 845. The number of hydrogen-bond acceptors (Lipinski definition) is 2. The van der Waals surface area contributed by atoms with Crippen LogP contribution in [-0.4, -0.2) is 14.7 Å². The van der Waals surface area contributed by atoms with E-state index in [0.717, 1.165) is 11.0 Å². The minimum Gasteiger partial charge on any atom is -0.385 e. The largest absolute Gasteiger partial charge is 0.385 e. The summed E-state index contributed by atoms with van der Waals surface area (Å²) in [6.07, 6.45) is 3.61. The number of aliphatic hydroxyl groups excluding tert-OH is 1. The zero-order valence-electron chi connectivity index (χ0n) is 13.8. The number of rotatable bonds is 4. The first-order valence-electron chi connectivity index (χ1n) is 7.93. The Morgan fingerprint density at radius 3 is 2.52 bits per heavy atom. The number of aromatic nitrogens is 2. The first-order chi connectivity index (χ1) is 11.1. The number of fused-ring (bicyclic) bond motifs is 1. The van der Waals surface area contributed by atoms with Crippen molar-refractivity contribution in [3.8, 4) is 0 Å². The second-order valence-corrected chi connectivity index (χ2v) is 5.99. The molecule has 1 unspecified atom stereocenters. The van der Waals surface area contributed by atoms with E-state index in [1.54, 1.807) is 6.92 Å². The summed E-state index contributed by atoms with van der Waals surface area (Å²) in [5.41, 5.74) is 5.64. The molecule has 23 heavy (non-hydrogen) atoms. The molecule has 1 N–H and O–H groups in total. The average Bonchev–Trinajstić information content (AvgIpc) is 2.87. The molecule has 1 aromatic heterocycles. The van der Waals surface area contributed by atoms with Crippen LogP contribution in [0, 0.1) is 13.8 Å². The smallest absolute Gasteiger partial charge is 0.138 e. The number of aryl methyl sites for hydroxylation is 2. The van der Waals surface area contributed by atoms with Crippen molar-refractivity contribution < 1.29 is 5.11 Å². The normalized spacial score (nSPS) is 13.0.